The molecule has 1 heterocycles. The number of nitrogen functional groups attached to an aromatic ring is 1. The van der Waals surface area contributed by atoms with Gasteiger partial charge < -0.3 is 15.8 Å². The van der Waals surface area contributed by atoms with Crippen molar-refractivity contribution in [3.63, 3.8) is 0 Å². The predicted octanol–water partition coefficient (Wildman–Crippen LogP) is 2.69. The molecule has 0 saturated carbocycles. The smallest absolute Gasteiger partial charge is 0.0726 e. The molecule has 2 rings (SSSR count). The Morgan fingerprint density at radius 2 is 2.29 bits per heavy atom. The van der Waals surface area contributed by atoms with Crippen LogP contribution in [-0.2, 0) is 11.3 Å². The SMILES string of the molecule is CC1OCCC1(C)NCc1cc(N)cc(Br)c1. The van der Waals surface area contributed by atoms with Gasteiger partial charge in [-0.05, 0) is 44.0 Å². The number of ether oxygens (including phenoxy) is 1. The van der Waals surface area contributed by atoms with Crippen molar-refractivity contribution in [1.82, 2.24) is 5.32 Å². The van der Waals surface area contributed by atoms with E-state index in [1.165, 1.54) is 5.56 Å². The van der Waals surface area contributed by atoms with Gasteiger partial charge in [-0.3, -0.25) is 0 Å². The van der Waals surface area contributed by atoms with Crippen molar-refractivity contribution in [2.24, 2.45) is 0 Å². The van der Waals surface area contributed by atoms with Crippen LogP contribution in [0.4, 0.5) is 5.69 Å². The van der Waals surface area contributed by atoms with E-state index < -0.39 is 0 Å². The Bertz CT molecular complexity index is 390. The van der Waals surface area contributed by atoms with Crippen LogP contribution in [-0.4, -0.2) is 18.2 Å². The second kappa shape index (κ2) is 4.96. The second-order valence-corrected chi connectivity index (χ2v) is 5.84. The van der Waals surface area contributed by atoms with E-state index in [9.17, 15) is 0 Å². The van der Waals surface area contributed by atoms with Gasteiger partial charge in [-0.1, -0.05) is 15.9 Å². The van der Waals surface area contributed by atoms with Crippen LogP contribution in [0.15, 0.2) is 22.7 Å². The molecule has 17 heavy (non-hydrogen) atoms. The third kappa shape index (κ3) is 3.00. The Balaban J connectivity index is 2.02. The lowest BCUT2D eigenvalue weighted by atomic mass is 9.94. The lowest BCUT2D eigenvalue weighted by molar-refractivity contribution is 0.0881. The molecule has 0 spiro atoms. The molecule has 0 amide bonds. The van der Waals surface area contributed by atoms with E-state index in [2.05, 4.69) is 41.2 Å². The zero-order chi connectivity index (χ0) is 12.5. The van der Waals surface area contributed by atoms with Gasteiger partial charge in [-0.15, -0.1) is 0 Å². The minimum absolute atomic E-state index is 0.0665. The molecule has 0 aromatic heterocycles. The number of nitrogens with two attached hydrogens (primary N) is 1. The van der Waals surface area contributed by atoms with Crippen molar-refractivity contribution in [3.8, 4) is 0 Å². The molecule has 1 fully saturated rings. The van der Waals surface area contributed by atoms with Crippen LogP contribution in [0.25, 0.3) is 0 Å². The molecule has 0 aliphatic carbocycles. The van der Waals surface area contributed by atoms with Crippen molar-refractivity contribution in [1.29, 1.82) is 0 Å². The molecule has 94 valence electrons. The Morgan fingerprint density at radius 1 is 1.53 bits per heavy atom. The van der Waals surface area contributed by atoms with Crippen molar-refractivity contribution in [2.75, 3.05) is 12.3 Å². The van der Waals surface area contributed by atoms with Gasteiger partial charge in [0, 0.05) is 28.9 Å². The maximum Gasteiger partial charge on any atom is 0.0726 e. The maximum atomic E-state index is 5.82. The topological polar surface area (TPSA) is 47.3 Å². The minimum Gasteiger partial charge on any atom is -0.399 e. The zero-order valence-electron chi connectivity index (χ0n) is 10.3. The first-order valence-electron chi connectivity index (χ1n) is 5.91. The van der Waals surface area contributed by atoms with Gasteiger partial charge >= 0.3 is 0 Å². The molecule has 1 aromatic rings. The van der Waals surface area contributed by atoms with E-state index in [0.29, 0.717) is 0 Å². The lowest BCUT2D eigenvalue weighted by Gasteiger charge is -2.29. The number of benzene rings is 1. The molecule has 2 unspecified atom stereocenters. The number of rotatable bonds is 3. The highest BCUT2D eigenvalue weighted by atomic mass is 79.9. The van der Waals surface area contributed by atoms with Crippen molar-refractivity contribution in [2.45, 2.75) is 38.5 Å². The molecule has 1 aliphatic heterocycles. The summed E-state index contributed by atoms with van der Waals surface area (Å²) in [6.45, 7) is 5.99. The number of nitrogens with one attached hydrogen (secondary N) is 1. The van der Waals surface area contributed by atoms with Crippen molar-refractivity contribution >= 4 is 21.6 Å². The maximum absolute atomic E-state index is 5.82. The quantitative estimate of drug-likeness (QED) is 0.844. The highest BCUT2D eigenvalue weighted by Crippen LogP contribution is 2.26. The average molecular weight is 299 g/mol. The van der Waals surface area contributed by atoms with Crippen LogP contribution < -0.4 is 11.1 Å². The van der Waals surface area contributed by atoms with Crippen LogP contribution in [0.5, 0.6) is 0 Å². The summed E-state index contributed by atoms with van der Waals surface area (Å²) in [5.74, 6) is 0. The summed E-state index contributed by atoms with van der Waals surface area (Å²) in [5.41, 5.74) is 7.87. The number of hydrogen-bond acceptors (Lipinski definition) is 3. The number of hydrogen-bond donors (Lipinski definition) is 2. The summed E-state index contributed by atoms with van der Waals surface area (Å²) in [6, 6.07) is 6.00. The van der Waals surface area contributed by atoms with Gasteiger partial charge in [-0.2, -0.15) is 0 Å². The van der Waals surface area contributed by atoms with Gasteiger partial charge in [0.2, 0.25) is 0 Å². The third-order valence-corrected chi connectivity index (χ3v) is 4.02. The van der Waals surface area contributed by atoms with Gasteiger partial charge in [-0.25, -0.2) is 0 Å². The first-order valence-corrected chi connectivity index (χ1v) is 6.70. The standard InChI is InChI=1S/C13H19BrN2O/c1-9-13(2,3-4-17-9)16-8-10-5-11(14)7-12(15)6-10/h5-7,9,16H,3-4,8,15H2,1-2H3. The molecule has 0 radical (unpaired) electrons. The van der Waals surface area contributed by atoms with E-state index in [4.69, 9.17) is 10.5 Å². The predicted molar refractivity (Wildman–Crippen MR) is 73.8 cm³/mol. The van der Waals surface area contributed by atoms with Crippen LogP contribution in [0, 0.1) is 0 Å². The van der Waals surface area contributed by atoms with E-state index in [1.54, 1.807) is 0 Å². The molecule has 2 atom stereocenters. The fourth-order valence-electron chi connectivity index (χ4n) is 2.15. The summed E-state index contributed by atoms with van der Waals surface area (Å²) < 4.78 is 6.63. The fraction of sp³-hybridized carbons (Fsp3) is 0.538. The van der Waals surface area contributed by atoms with Crippen LogP contribution in [0.1, 0.15) is 25.8 Å². The van der Waals surface area contributed by atoms with E-state index in [0.717, 1.165) is 29.7 Å². The largest absolute Gasteiger partial charge is 0.399 e. The van der Waals surface area contributed by atoms with Gasteiger partial charge in [0.15, 0.2) is 0 Å². The van der Waals surface area contributed by atoms with Gasteiger partial charge in [0.1, 0.15) is 0 Å². The van der Waals surface area contributed by atoms with Crippen molar-refractivity contribution < 1.29 is 4.74 Å². The number of halogens is 1. The van der Waals surface area contributed by atoms with E-state index in [1.807, 2.05) is 12.1 Å². The highest BCUT2D eigenvalue weighted by molar-refractivity contribution is 9.10. The van der Waals surface area contributed by atoms with Gasteiger partial charge in [0.05, 0.1) is 6.10 Å². The third-order valence-electron chi connectivity index (χ3n) is 3.56. The zero-order valence-corrected chi connectivity index (χ0v) is 11.9. The van der Waals surface area contributed by atoms with Crippen molar-refractivity contribution in [3.05, 3.63) is 28.2 Å². The monoisotopic (exact) mass is 298 g/mol. The van der Waals surface area contributed by atoms with E-state index >= 15 is 0 Å². The summed E-state index contributed by atoms with van der Waals surface area (Å²) in [4.78, 5) is 0. The fourth-order valence-corrected chi connectivity index (χ4v) is 2.71. The molecule has 1 aliphatic rings. The van der Waals surface area contributed by atoms with E-state index in [-0.39, 0.29) is 11.6 Å². The molecular formula is C13H19BrN2O. The molecular weight excluding hydrogens is 280 g/mol. The average Bonchev–Trinajstić information content (AvgIpc) is 2.56. The normalized spacial score (nSPS) is 28.5. The molecule has 0 bridgehead atoms. The van der Waals surface area contributed by atoms with Crippen LogP contribution in [0.3, 0.4) is 0 Å². The molecule has 1 saturated heterocycles. The second-order valence-electron chi connectivity index (χ2n) is 4.93. The van der Waals surface area contributed by atoms with Gasteiger partial charge in [0.25, 0.3) is 0 Å². The Kier molecular flexibility index (Phi) is 3.76. The Labute approximate surface area is 111 Å². The molecule has 3 N–H and O–H groups in total. The summed E-state index contributed by atoms with van der Waals surface area (Å²) in [7, 11) is 0. The molecule has 1 aromatic carbocycles. The first-order chi connectivity index (χ1) is 7.99. The Morgan fingerprint density at radius 3 is 2.88 bits per heavy atom. The van der Waals surface area contributed by atoms with Crippen LogP contribution in [0.2, 0.25) is 0 Å². The summed E-state index contributed by atoms with van der Waals surface area (Å²) >= 11 is 3.46. The molecule has 4 heteroatoms. The Hall–Kier alpha value is -0.580. The minimum atomic E-state index is 0.0665. The highest BCUT2D eigenvalue weighted by Gasteiger charge is 2.36. The summed E-state index contributed by atoms with van der Waals surface area (Å²) in [6.07, 6.45) is 1.31. The molecule has 3 nitrogen and oxygen atoms in total. The summed E-state index contributed by atoms with van der Waals surface area (Å²) in [5, 5.41) is 3.58. The number of anilines is 1. The first kappa shape index (κ1) is 12.9. The van der Waals surface area contributed by atoms with Crippen LogP contribution >= 0.6 is 15.9 Å². The lowest BCUT2D eigenvalue weighted by Crippen LogP contribution is -2.47.